The maximum atomic E-state index is 11.9. The second-order valence-electron chi connectivity index (χ2n) is 5.36. The molecule has 118 valence electrons. The highest BCUT2D eigenvalue weighted by atomic mass is 32.1. The van der Waals surface area contributed by atoms with Gasteiger partial charge in [-0.2, -0.15) is 0 Å². The number of rotatable bonds is 7. The van der Waals surface area contributed by atoms with Gasteiger partial charge in [0, 0.05) is 17.7 Å². The molecule has 2 aromatic rings. The third-order valence-electron chi connectivity index (χ3n) is 3.28. The second-order valence-corrected chi connectivity index (χ2v) is 6.65. The molecule has 1 unspecified atom stereocenters. The van der Waals surface area contributed by atoms with Crippen LogP contribution in [0.15, 0.2) is 34.9 Å². The molecule has 1 amide bonds. The van der Waals surface area contributed by atoms with E-state index < -0.39 is 5.60 Å². The van der Waals surface area contributed by atoms with Gasteiger partial charge in [-0.25, -0.2) is 0 Å². The molecule has 2 rings (SSSR count). The van der Waals surface area contributed by atoms with Gasteiger partial charge in [0.05, 0.1) is 17.7 Å². The summed E-state index contributed by atoms with van der Waals surface area (Å²) in [6, 6.07) is 6.99. The van der Waals surface area contributed by atoms with Crippen molar-refractivity contribution in [3.05, 3.63) is 46.0 Å². The molecule has 0 aliphatic carbocycles. The van der Waals surface area contributed by atoms with Gasteiger partial charge in [-0.15, -0.1) is 11.3 Å². The van der Waals surface area contributed by atoms with Gasteiger partial charge in [-0.05, 0) is 38.1 Å². The number of carbonyl (C=O) groups is 2. The Balaban J connectivity index is 1.77. The molecule has 0 bridgehead atoms. The minimum atomic E-state index is -1.27. The molecule has 1 atom stereocenters. The van der Waals surface area contributed by atoms with Crippen LogP contribution in [0.25, 0.3) is 0 Å². The van der Waals surface area contributed by atoms with E-state index in [2.05, 4.69) is 5.32 Å². The predicted molar refractivity (Wildman–Crippen MR) is 83.9 cm³/mol. The van der Waals surface area contributed by atoms with E-state index >= 15 is 0 Å². The number of hydrogen-bond acceptors (Lipinski definition) is 5. The molecular weight excluding hydrogens is 302 g/mol. The lowest BCUT2D eigenvalue weighted by atomic mass is 10.0. The van der Waals surface area contributed by atoms with Crippen LogP contribution >= 0.6 is 11.3 Å². The summed E-state index contributed by atoms with van der Waals surface area (Å²) in [5.74, 6) is 0.0810. The maximum Gasteiger partial charge on any atom is 0.220 e. The van der Waals surface area contributed by atoms with Gasteiger partial charge in [-0.3, -0.25) is 9.59 Å². The average molecular weight is 321 g/mol. The molecule has 5 nitrogen and oxygen atoms in total. The number of carbonyl (C=O) groups excluding carboxylic acids is 2. The summed E-state index contributed by atoms with van der Waals surface area (Å²) in [4.78, 5) is 25.5. The zero-order chi connectivity index (χ0) is 16.2. The van der Waals surface area contributed by atoms with Crippen molar-refractivity contribution in [3.63, 3.8) is 0 Å². The van der Waals surface area contributed by atoms with Crippen molar-refractivity contribution in [2.24, 2.45) is 0 Å². The molecule has 0 saturated heterocycles. The average Bonchev–Trinajstić information content (AvgIpc) is 3.14. The largest absolute Gasteiger partial charge is 0.466 e. The van der Waals surface area contributed by atoms with Crippen LogP contribution in [0.5, 0.6) is 0 Å². The Morgan fingerprint density at radius 1 is 1.32 bits per heavy atom. The van der Waals surface area contributed by atoms with Crippen LogP contribution in [0.3, 0.4) is 0 Å². The standard InChI is InChI=1S/C16H19NO4S/c1-11-5-7-13(22-11)12(18)6-8-15(19)17-10-16(2,20)14-4-3-9-21-14/h3-5,7,9,20H,6,8,10H2,1-2H3,(H,17,19). The number of hydrogen-bond donors (Lipinski definition) is 2. The van der Waals surface area contributed by atoms with Gasteiger partial charge in [0.1, 0.15) is 11.4 Å². The first-order chi connectivity index (χ1) is 10.4. The normalized spacial score (nSPS) is 13.6. The summed E-state index contributed by atoms with van der Waals surface area (Å²) in [6.45, 7) is 3.53. The molecule has 6 heteroatoms. The molecule has 0 aliphatic rings. The van der Waals surface area contributed by atoms with Crippen LogP contribution in [-0.2, 0) is 10.4 Å². The Kier molecular flexibility index (Phi) is 5.15. The van der Waals surface area contributed by atoms with E-state index in [0.29, 0.717) is 10.6 Å². The fourth-order valence-corrected chi connectivity index (χ4v) is 2.80. The smallest absolute Gasteiger partial charge is 0.220 e. The minimum Gasteiger partial charge on any atom is -0.466 e. The van der Waals surface area contributed by atoms with Crippen LogP contribution in [0.4, 0.5) is 0 Å². The Labute approximate surface area is 133 Å². The van der Waals surface area contributed by atoms with E-state index in [-0.39, 0.29) is 31.1 Å². The van der Waals surface area contributed by atoms with E-state index in [1.165, 1.54) is 17.6 Å². The minimum absolute atomic E-state index is 0.0334. The molecule has 22 heavy (non-hydrogen) atoms. The van der Waals surface area contributed by atoms with E-state index in [1.54, 1.807) is 25.1 Å². The van der Waals surface area contributed by atoms with Crippen molar-refractivity contribution in [3.8, 4) is 0 Å². The predicted octanol–water partition coefficient (Wildman–Crippen LogP) is 2.64. The molecule has 0 aliphatic heterocycles. The zero-order valence-corrected chi connectivity index (χ0v) is 13.4. The van der Waals surface area contributed by atoms with Crippen molar-refractivity contribution in [1.29, 1.82) is 0 Å². The third kappa shape index (κ3) is 4.29. The molecule has 0 aromatic carbocycles. The fourth-order valence-electron chi connectivity index (χ4n) is 1.97. The molecule has 0 radical (unpaired) electrons. The molecular formula is C16H19NO4S. The van der Waals surface area contributed by atoms with E-state index in [1.807, 2.05) is 13.0 Å². The third-order valence-corrected chi connectivity index (χ3v) is 4.32. The van der Waals surface area contributed by atoms with Gasteiger partial charge in [0.25, 0.3) is 0 Å². The number of furan rings is 1. The molecule has 0 fully saturated rings. The van der Waals surface area contributed by atoms with Gasteiger partial charge in [-0.1, -0.05) is 0 Å². The van der Waals surface area contributed by atoms with E-state index in [4.69, 9.17) is 4.42 Å². The van der Waals surface area contributed by atoms with Crippen LogP contribution in [0.1, 0.15) is 40.1 Å². The lowest BCUT2D eigenvalue weighted by molar-refractivity contribution is -0.122. The lowest BCUT2D eigenvalue weighted by Gasteiger charge is -2.21. The first-order valence-electron chi connectivity index (χ1n) is 7.01. The molecule has 2 N–H and O–H groups in total. The quantitative estimate of drug-likeness (QED) is 0.768. The Morgan fingerprint density at radius 3 is 2.68 bits per heavy atom. The number of aliphatic hydroxyl groups is 1. The van der Waals surface area contributed by atoms with Crippen LogP contribution in [0, 0.1) is 6.92 Å². The van der Waals surface area contributed by atoms with Gasteiger partial charge < -0.3 is 14.8 Å². The molecule has 0 spiro atoms. The number of amides is 1. The lowest BCUT2D eigenvalue weighted by Crippen LogP contribution is -2.38. The van der Waals surface area contributed by atoms with Crippen molar-refractivity contribution in [1.82, 2.24) is 5.32 Å². The van der Waals surface area contributed by atoms with Gasteiger partial charge in [0.15, 0.2) is 5.78 Å². The Hall–Kier alpha value is -1.92. The van der Waals surface area contributed by atoms with E-state index in [0.717, 1.165) is 4.88 Å². The number of nitrogens with one attached hydrogen (secondary N) is 1. The van der Waals surface area contributed by atoms with Crippen LogP contribution < -0.4 is 5.32 Å². The number of thiophene rings is 1. The summed E-state index contributed by atoms with van der Waals surface area (Å²) in [5.41, 5.74) is -1.27. The summed E-state index contributed by atoms with van der Waals surface area (Å²) >= 11 is 1.43. The Bertz CT molecular complexity index is 643. The van der Waals surface area contributed by atoms with Crippen LogP contribution in [0.2, 0.25) is 0 Å². The fraction of sp³-hybridized carbons (Fsp3) is 0.375. The molecule has 2 aromatic heterocycles. The van der Waals surface area contributed by atoms with E-state index in [9.17, 15) is 14.7 Å². The second kappa shape index (κ2) is 6.89. The number of aryl methyl sites for hydroxylation is 1. The van der Waals surface area contributed by atoms with Crippen molar-refractivity contribution in [2.45, 2.75) is 32.3 Å². The summed E-state index contributed by atoms with van der Waals surface area (Å²) < 4.78 is 5.13. The molecule has 0 saturated carbocycles. The topological polar surface area (TPSA) is 79.5 Å². The number of ketones is 1. The van der Waals surface area contributed by atoms with Crippen molar-refractivity contribution in [2.75, 3.05) is 6.54 Å². The number of Topliss-reactive ketones (excluding diaryl/α,β-unsaturated/α-hetero) is 1. The van der Waals surface area contributed by atoms with Crippen molar-refractivity contribution < 1.29 is 19.1 Å². The first-order valence-corrected chi connectivity index (χ1v) is 7.83. The van der Waals surface area contributed by atoms with Gasteiger partial charge >= 0.3 is 0 Å². The summed E-state index contributed by atoms with van der Waals surface area (Å²) in [6.07, 6.45) is 1.73. The molecule has 2 heterocycles. The summed E-state index contributed by atoms with van der Waals surface area (Å²) in [5, 5.41) is 12.8. The highest BCUT2D eigenvalue weighted by Crippen LogP contribution is 2.20. The monoisotopic (exact) mass is 321 g/mol. The van der Waals surface area contributed by atoms with Gasteiger partial charge in [0.2, 0.25) is 5.91 Å². The maximum absolute atomic E-state index is 11.9. The summed E-state index contributed by atoms with van der Waals surface area (Å²) in [7, 11) is 0. The zero-order valence-electron chi connectivity index (χ0n) is 12.6. The van der Waals surface area contributed by atoms with Crippen LogP contribution in [-0.4, -0.2) is 23.3 Å². The van der Waals surface area contributed by atoms with Crippen molar-refractivity contribution >= 4 is 23.0 Å². The SMILES string of the molecule is Cc1ccc(C(=O)CCC(=O)NCC(C)(O)c2ccco2)s1. The first kappa shape index (κ1) is 16.5. The highest BCUT2D eigenvalue weighted by molar-refractivity contribution is 7.14. The highest BCUT2D eigenvalue weighted by Gasteiger charge is 2.26. The Morgan fingerprint density at radius 2 is 2.09 bits per heavy atom.